The molecular weight excluding hydrogens is 260 g/mol. The van der Waals surface area contributed by atoms with Crippen LogP contribution in [0.3, 0.4) is 0 Å². The maximum atomic E-state index is 10.9. The molecule has 21 heavy (non-hydrogen) atoms. The van der Waals surface area contributed by atoms with Gasteiger partial charge in [0.25, 0.3) is 0 Å². The lowest BCUT2D eigenvalue weighted by Crippen LogP contribution is -1.95. The first kappa shape index (κ1) is 15.0. The van der Waals surface area contributed by atoms with Crippen LogP contribution in [-0.4, -0.2) is 11.1 Å². The molecule has 108 valence electrons. The average Bonchev–Trinajstić information content (AvgIpc) is 2.46. The minimum atomic E-state index is -0.900. The van der Waals surface area contributed by atoms with E-state index in [4.69, 9.17) is 5.11 Å². The Bertz CT molecular complexity index is 637. The van der Waals surface area contributed by atoms with Crippen LogP contribution in [0.1, 0.15) is 40.9 Å². The molecule has 0 heterocycles. The third-order valence-electron chi connectivity index (χ3n) is 3.23. The molecule has 2 aromatic carbocycles. The highest BCUT2D eigenvalue weighted by atomic mass is 16.4. The summed E-state index contributed by atoms with van der Waals surface area (Å²) in [5.41, 5.74) is 3.66. The molecule has 0 aliphatic heterocycles. The second-order valence-electron chi connectivity index (χ2n) is 5.60. The summed E-state index contributed by atoms with van der Waals surface area (Å²) in [5, 5.41) is 8.97. The van der Waals surface area contributed by atoms with Gasteiger partial charge in [0.05, 0.1) is 5.56 Å². The minimum Gasteiger partial charge on any atom is -0.478 e. The Balaban J connectivity index is 2.10. The average molecular weight is 280 g/mol. The molecule has 0 bridgehead atoms. The van der Waals surface area contributed by atoms with Crippen molar-refractivity contribution in [2.45, 2.75) is 20.3 Å². The standard InChI is InChI=1S/C19H20O2/c1-14(2)12-17-10-7-15(8-11-17)6-9-16-4-3-5-18(13-16)19(20)21/h3-11,13-14H,12H2,1-2H3,(H,20,21)/b9-6+. The van der Waals surface area contributed by atoms with Crippen molar-refractivity contribution < 1.29 is 9.90 Å². The first-order chi connectivity index (χ1) is 10.0. The van der Waals surface area contributed by atoms with Gasteiger partial charge in [-0.15, -0.1) is 0 Å². The Morgan fingerprint density at radius 3 is 2.33 bits per heavy atom. The van der Waals surface area contributed by atoms with Crippen LogP contribution in [0.5, 0.6) is 0 Å². The molecule has 2 rings (SSSR count). The summed E-state index contributed by atoms with van der Waals surface area (Å²) in [5.74, 6) is -0.242. The predicted octanol–water partition coefficient (Wildman–Crippen LogP) is 4.75. The molecule has 0 saturated heterocycles. The highest BCUT2D eigenvalue weighted by Crippen LogP contribution is 2.13. The summed E-state index contributed by atoms with van der Waals surface area (Å²) < 4.78 is 0. The second-order valence-corrected chi connectivity index (χ2v) is 5.60. The van der Waals surface area contributed by atoms with E-state index in [1.807, 2.05) is 18.2 Å². The Morgan fingerprint density at radius 1 is 1.05 bits per heavy atom. The first-order valence-electron chi connectivity index (χ1n) is 7.15. The van der Waals surface area contributed by atoms with Crippen molar-refractivity contribution in [1.29, 1.82) is 0 Å². The van der Waals surface area contributed by atoms with Crippen LogP contribution < -0.4 is 0 Å². The summed E-state index contributed by atoms with van der Waals surface area (Å²) in [4.78, 5) is 10.9. The monoisotopic (exact) mass is 280 g/mol. The van der Waals surface area contributed by atoms with Gasteiger partial charge in [-0.1, -0.05) is 62.4 Å². The van der Waals surface area contributed by atoms with Crippen molar-refractivity contribution in [3.63, 3.8) is 0 Å². The fraction of sp³-hybridized carbons (Fsp3) is 0.211. The van der Waals surface area contributed by atoms with E-state index in [1.165, 1.54) is 5.56 Å². The van der Waals surface area contributed by atoms with E-state index in [1.54, 1.807) is 18.2 Å². The second kappa shape index (κ2) is 6.89. The highest BCUT2D eigenvalue weighted by molar-refractivity contribution is 5.88. The number of hydrogen-bond donors (Lipinski definition) is 1. The van der Waals surface area contributed by atoms with E-state index in [0.717, 1.165) is 17.5 Å². The SMILES string of the molecule is CC(C)Cc1ccc(/C=C/c2cccc(C(=O)O)c2)cc1. The number of hydrogen-bond acceptors (Lipinski definition) is 1. The lowest BCUT2D eigenvalue weighted by Gasteiger charge is -2.04. The number of carbonyl (C=O) groups is 1. The van der Waals surface area contributed by atoms with Gasteiger partial charge in [0.1, 0.15) is 0 Å². The van der Waals surface area contributed by atoms with Crippen molar-refractivity contribution in [2.24, 2.45) is 5.92 Å². The minimum absolute atomic E-state index is 0.310. The summed E-state index contributed by atoms with van der Waals surface area (Å²) in [6.45, 7) is 4.42. The van der Waals surface area contributed by atoms with Crippen molar-refractivity contribution in [1.82, 2.24) is 0 Å². The number of benzene rings is 2. The van der Waals surface area contributed by atoms with Crippen LogP contribution in [0.25, 0.3) is 12.2 Å². The van der Waals surface area contributed by atoms with E-state index >= 15 is 0 Å². The zero-order valence-corrected chi connectivity index (χ0v) is 12.4. The molecule has 0 atom stereocenters. The zero-order valence-electron chi connectivity index (χ0n) is 12.4. The molecule has 1 N–H and O–H groups in total. The highest BCUT2D eigenvalue weighted by Gasteiger charge is 2.01. The van der Waals surface area contributed by atoms with Gasteiger partial charge in [-0.3, -0.25) is 0 Å². The van der Waals surface area contributed by atoms with E-state index in [9.17, 15) is 4.79 Å². The van der Waals surface area contributed by atoms with Gasteiger partial charge < -0.3 is 5.11 Å². The van der Waals surface area contributed by atoms with Gasteiger partial charge in [0.15, 0.2) is 0 Å². The van der Waals surface area contributed by atoms with Gasteiger partial charge in [0.2, 0.25) is 0 Å². The van der Waals surface area contributed by atoms with Crippen LogP contribution in [0.2, 0.25) is 0 Å². The van der Waals surface area contributed by atoms with Gasteiger partial charge in [-0.2, -0.15) is 0 Å². The molecule has 0 spiro atoms. The number of aromatic carboxylic acids is 1. The van der Waals surface area contributed by atoms with Crippen LogP contribution in [0, 0.1) is 5.92 Å². The molecule has 0 aromatic heterocycles. The summed E-state index contributed by atoms with van der Waals surface area (Å²) in [6.07, 6.45) is 5.02. The van der Waals surface area contributed by atoms with Gasteiger partial charge in [-0.25, -0.2) is 4.79 Å². The Morgan fingerprint density at radius 2 is 1.71 bits per heavy atom. The van der Waals surface area contributed by atoms with Crippen molar-refractivity contribution >= 4 is 18.1 Å². The lowest BCUT2D eigenvalue weighted by atomic mass is 10.0. The molecule has 0 unspecified atom stereocenters. The number of carboxylic acids is 1. The molecular formula is C19H20O2. The van der Waals surface area contributed by atoms with Gasteiger partial charge in [0, 0.05) is 0 Å². The fourth-order valence-corrected chi connectivity index (χ4v) is 2.20. The molecule has 0 radical (unpaired) electrons. The van der Waals surface area contributed by atoms with Crippen LogP contribution >= 0.6 is 0 Å². The molecule has 0 fully saturated rings. The Labute approximate surface area is 125 Å². The molecule has 0 aliphatic rings. The van der Waals surface area contributed by atoms with Crippen molar-refractivity contribution in [3.8, 4) is 0 Å². The predicted molar refractivity (Wildman–Crippen MR) is 87.3 cm³/mol. The van der Waals surface area contributed by atoms with E-state index < -0.39 is 5.97 Å². The molecule has 2 aromatic rings. The maximum absolute atomic E-state index is 10.9. The molecule has 2 heteroatoms. The summed E-state index contributed by atoms with van der Waals surface area (Å²) in [6, 6.07) is 15.4. The third kappa shape index (κ3) is 4.60. The largest absolute Gasteiger partial charge is 0.478 e. The topological polar surface area (TPSA) is 37.3 Å². The number of carboxylic acid groups (broad SMARTS) is 1. The van der Waals surface area contributed by atoms with E-state index in [-0.39, 0.29) is 0 Å². The van der Waals surface area contributed by atoms with Gasteiger partial charge >= 0.3 is 5.97 Å². The van der Waals surface area contributed by atoms with Crippen LogP contribution in [-0.2, 0) is 6.42 Å². The quantitative estimate of drug-likeness (QED) is 0.802. The molecule has 0 saturated carbocycles. The molecule has 0 amide bonds. The molecule has 0 aliphatic carbocycles. The summed E-state index contributed by atoms with van der Waals surface area (Å²) >= 11 is 0. The third-order valence-corrected chi connectivity index (χ3v) is 3.23. The van der Waals surface area contributed by atoms with Crippen LogP contribution in [0.15, 0.2) is 48.5 Å². The lowest BCUT2D eigenvalue weighted by molar-refractivity contribution is 0.0697. The Kier molecular flexibility index (Phi) is 4.94. The van der Waals surface area contributed by atoms with Crippen molar-refractivity contribution in [2.75, 3.05) is 0 Å². The zero-order chi connectivity index (χ0) is 15.2. The summed E-state index contributed by atoms with van der Waals surface area (Å²) in [7, 11) is 0. The fourth-order valence-electron chi connectivity index (χ4n) is 2.20. The van der Waals surface area contributed by atoms with E-state index in [2.05, 4.69) is 38.1 Å². The van der Waals surface area contributed by atoms with Gasteiger partial charge in [-0.05, 0) is 41.2 Å². The Hall–Kier alpha value is -2.35. The van der Waals surface area contributed by atoms with E-state index in [0.29, 0.717) is 11.5 Å². The molecule has 2 nitrogen and oxygen atoms in total. The maximum Gasteiger partial charge on any atom is 0.335 e. The number of rotatable bonds is 5. The first-order valence-corrected chi connectivity index (χ1v) is 7.15. The van der Waals surface area contributed by atoms with Crippen molar-refractivity contribution in [3.05, 3.63) is 70.8 Å². The smallest absolute Gasteiger partial charge is 0.335 e. The van der Waals surface area contributed by atoms with Crippen LogP contribution in [0.4, 0.5) is 0 Å². The normalized spacial score (nSPS) is 11.2.